The van der Waals surface area contributed by atoms with Crippen LogP contribution < -0.4 is 0 Å². The number of halogens is 3. The van der Waals surface area contributed by atoms with Crippen molar-refractivity contribution in [1.82, 2.24) is 0 Å². The van der Waals surface area contributed by atoms with Crippen LogP contribution in [0.5, 0.6) is 0 Å². The molecule has 0 unspecified atom stereocenters. The smallest absolute Gasteiger partial charge is 0.0785 e. The molecule has 0 amide bonds. The monoisotopic (exact) mass is 330 g/mol. The van der Waals surface area contributed by atoms with Crippen LogP contribution in [-0.4, -0.2) is 0 Å². The first-order chi connectivity index (χ1) is 10.2. The first kappa shape index (κ1) is 13.2. The van der Waals surface area contributed by atoms with Crippen molar-refractivity contribution in [3.8, 4) is 0 Å². The van der Waals surface area contributed by atoms with E-state index in [-0.39, 0.29) is 0 Å². The van der Waals surface area contributed by atoms with Gasteiger partial charge in [-0.15, -0.1) is 0 Å². The summed E-state index contributed by atoms with van der Waals surface area (Å²) in [6, 6.07) is 18.6. The third-order valence-corrected chi connectivity index (χ3v) is 5.15. The van der Waals surface area contributed by atoms with Gasteiger partial charge in [-0.25, -0.2) is 0 Å². The summed E-state index contributed by atoms with van der Waals surface area (Å²) >= 11 is 18.7. The van der Waals surface area contributed by atoms with E-state index in [4.69, 9.17) is 34.8 Å². The number of hydrogen-bond donors (Lipinski definition) is 0. The van der Waals surface area contributed by atoms with E-state index >= 15 is 0 Å². The zero-order chi connectivity index (χ0) is 14.6. The number of rotatable bonds is 0. The molecule has 0 saturated carbocycles. The molecule has 4 aromatic rings. The Morgan fingerprint density at radius 2 is 1.19 bits per heavy atom. The molecule has 0 aliphatic heterocycles. The highest BCUT2D eigenvalue weighted by Gasteiger charge is 2.12. The van der Waals surface area contributed by atoms with Crippen LogP contribution in [0.2, 0.25) is 15.1 Å². The highest BCUT2D eigenvalue weighted by molar-refractivity contribution is 6.51. The fourth-order valence-electron chi connectivity index (χ4n) is 2.87. The van der Waals surface area contributed by atoms with Gasteiger partial charge in [0.1, 0.15) is 0 Å². The zero-order valence-corrected chi connectivity index (χ0v) is 13.1. The average molecular weight is 332 g/mol. The van der Waals surface area contributed by atoms with E-state index in [1.165, 1.54) is 16.2 Å². The summed E-state index contributed by atoms with van der Waals surface area (Å²) < 4.78 is 0. The quantitative estimate of drug-likeness (QED) is 0.238. The summed E-state index contributed by atoms with van der Waals surface area (Å²) in [7, 11) is 0. The third-order valence-electron chi connectivity index (χ3n) is 3.88. The second kappa shape index (κ2) is 4.78. The summed E-state index contributed by atoms with van der Waals surface area (Å²) in [4.78, 5) is 0. The van der Waals surface area contributed by atoms with Crippen molar-refractivity contribution in [3.63, 3.8) is 0 Å². The highest BCUT2D eigenvalue weighted by Crippen LogP contribution is 2.40. The summed E-state index contributed by atoms with van der Waals surface area (Å²) in [5.74, 6) is 0. The number of benzene rings is 4. The van der Waals surface area contributed by atoms with Gasteiger partial charge in [0.2, 0.25) is 0 Å². The molecule has 21 heavy (non-hydrogen) atoms. The van der Waals surface area contributed by atoms with Crippen molar-refractivity contribution in [1.29, 1.82) is 0 Å². The van der Waals surface area contributed by atoms with Crippen molar-refractivity contribution in [2.75, 3.05) is 0 Å². The molecule has 0 aromatic heterocycles. The van der Waals surface area contributed by atoms with Gasteiger partial charge in [0.25, 0.3) is 0 Å². The van der Waals surface area contributed by atoms with E-state index in [1.807, 2.05) is 24.3 Å². The maximum atomic E-state index is 6.33. The van der Waals surface area contributed by atoms with Gasteiger partial charge in [-0.1, -0.05) is 83.3 Å². The lowest BCUT2D eigenvalue weighted by Gasteiger charge is -2.10. The Labute approximate surface area is 136 Å². The SMILES string of the molecule is Clc1cc2c(ccc3c4ccccc4ccc23)c(Cl)c1Cl. The molecule has 4 rings (SSSR count). The highest BCUT2D eigenvalue weighted by atomic mass is 35.5. The molecule has 0 heterocycles. The van der Waals surface area contributed by atoms with Crippen molar-refractivity contribution in [2.24, 2.45) is 0 Å². The molecule has 3 heteroatoms. The molecule has 0 nitrogen and oxygen atoms in total. The lowest BCUT2D eigenvalue weighted by molar-refractivity contribution is 1.76. The second-order valence-corrected chi connectivity index (χ2v) is 6.19. The summed E-state index contributed by atoms with van der Waals surface area (Å²) in [6.07, 6.45) is 0. The lowest BCUT2D eigenvalue weighted by atomic mass is 9.97. The fourth-order valence-corrected chi connectivity index (χ4v) is 3.55. The summed E-state index contributed by atoms with van der Waals surface area (Å²) in [5.41, 5.74) is 0. The predicted molar refractivity (Wildman–Crippen MR) is 94.0 cm³/mol. The molecule has 0 saturated heterocycles. The van der Waals surface area contributed by atoms with Gasteiger partial charge >= 0.3 is 0 Å². The van der Waals surface area contributed by atoms with E-state index in [0.717, 1.165) is 16.2 Å². The molecular formula is C18H9Cl3. The Balaban J connectivity index is 2.27. The van der Waals surface area contributed by atoms with Crippen LogP contribution in [0.4, 0.5) is 0 Å². The topological polar surface area (TPSA) is 0 Å². The Morgan fingerprint density at radius 3 is 2.05 bits per heavy atom. The number of fused-ring (bicyclic) bond motifs is 5. The molecule has 0 atom stereocenters. The van der Waals surface area contributed by atoms with Crippen LogP contribution >= 0.6 is 34.8 Å². The van der Waals surface area contributed by atoms with Crippen LogP contribution in [0.1, 0.15) is 0 Å². The molecule has 0 spiro atoms. The van der Waals surface area contributed by atoms with Crippen LogP contribution in [0.15, 0.2) is 54.6 Å². The molecule has 0 radical (unpaired) electrons. The minimum absolute atomic E-state index is 0.408. The predicted octanol–water partition coefficient (Wildman–Crippen LogP) is 7.11. The molecular weight excluding hydrogens is 323 g/mol. The average Bonchev–Trinajstić information content (AvgIpc) is 2.52. The molecule has 0 aliphatic carbocycles. The van der Waals surface area contributed by atoms with Gasteiger partial charge in [-0.05, 0) is 33.0 Å². The molecule has 0 N–H and O–H groups in total. The van der Waals surface area contributed by atoms with Crippen molar-refractivity contribution < 1.29 is 0 Å². The summed E-state index contributed by atoms with van der Waals surface area (Å²) in [6.45, 7) is 0. The van der Waals surface area contributed by atoms with E-state index in [2.05, 4.69) is 30.3 Å². The van der Waals surface area contributed by atoms with Gasteiger partial charge < -0.3 is 0 Å². The van der Waals surface area contributed by atoms with E-state index in [0.29, 0.717) is 15.1 Å². The Kier molecular flexibility index (Phi) is 3.00. The van der Waals surface area contributed by atoms with Crippen LogP contribution in [0.25, 0.3) is 32.3 Å². The second-order valence-electron chi connectivity index (χ2n) is 5.03. The van der Waals surface area contributed by atoms with Crippen LogP contribution in [-0.2, 0) is 0 Å². The Morgan fingerprint density at radius 1 is 0.524 bits per heavy atom. The first-order valence-corrected chi connectivity index (χ1v) is 7.68. The van der Waals surface area contributed by atoms with E-state index in [1.54, 1.807) is 0 Å². The molecule has 0 fully saturated rings. The minimum atomic E-state index is 0.408. The number of hydrogen-bond acceptors (Lipinski definition) is 0. The maximum absolute atomic E-state index is 6.33. The van der Waals surface area contributed by atoms with Gasteiger partial charge in [0.05, 0.1) is 15.1 Å². The first-order valence-electron chi connectivity index (χ1n) is 6.54. The van der Waals surface area contributed by atoms with Crippen LogP contribution in [0.3, 0.4) is 0 Å². The van der Waals surface area contributed by atoms with Gasteiger partial charge in [-0.2, -0.15) is 0 Å². The molecule has 4 aromatic carbocycles. The standard InChI is InChI=1S/C18H9Cl3/c19-16-9-15-13-6-5-10-3-1-2-4-11(10)12(13)7-8-14(15)17(20)18(16)21/h1-9H. The van der Waals surface area contributed by atoms with Crippen molar-refractivity contribution >= 4 is 67.1 Å². The van der Waals surface area contributed by atoms with Gasteiger partial charge in [0, 0.05) is 5.39 Å². The van der Waals surface area contributed by atoms with Crippen molar-refractivity contribution in [2.45, 2.75) is 0 Å². The Bertz CT molecular complexity index is 1020. The molecule has 102 valence electrons. The summed E-state index contributed by atoms with van der Waals surface area (Å²) in [5, 5.41) is 8.11. The minimum Gasteiger partial charge on any atom is -0.0826 e. The lowest BCUT2D eigenvalue weighted by Crippen LogP contribution is -1.83. The molecule has 0 bridgehead atoms. The molecule has 0 aliphatic rings. The Hall–Kier alpha value is -1.47. The zero-order valence-electron chi connectivity index (χ0n) is 10.8. The third kappa shape index (κ3) is 1.91. The van der Waals surface area contributed by atoms with Crippen molar-refractivity contribution in [3.05, 3.63) is 69.7 Å². The maximum Gasteiger partial charge on any atom is 0.0785 e. The van der Waals surface area contributed by atoms with Gasteiger partial charge in [-0.3, -0.25) is 0 Å². The fraction of sp³-hybridized carbons (Fsp3) is 0. The van der Waals surface area contributed by atoms with E-state index in [9.17, 15) is 0 Å². The largest absolute Gasteiger partial charge is 0.0826 e. The van der Waals surface area contributed by atoms with E-state index < -0.39 is 0 Å². The normalized spacial score (nSPS) is 11.6. The van der Waals surface area contributed by atoms with Crippen LogP contribution in [0, 0.1) is 0 Å². The van der Waals surface area contributed by atoms with Gasteiger partial charge in [0.15, 0.2) is 0 Å².